The molecule has 9 nitrogen and oxygen atoms in total. The number of carbonyl (C=O) groups excluding carboxylic acids is 1. The molecule has 0 fully saturated rings. The predicted molar refractivity (Wildman–Crippen MR) is 91.6 cm³/mol. The molecule has 5 rings (SSSR count). The molecular formula is C18H13N7O2. The second kappa shape index (κ2) is 5.81. The predicted octanol–water partition coefficient (Wildman–Crippen LogP) is 1.70. The van der Waals surface area contributed by atoms with Gasteiger partial charge >= 0.3 is 0 Å². The molecule has 9 heteroatoms. The molecule has 5 heterocycles. The summed E-state index contributed by atoms with van der Waals surface area (Å²) in [5.41, 5.74) is 3.30. The fourth-order valence-corrected chi connectivity index (χ4v) is 3.49. The van der Waals surface area contributed by atoms with Crippen molar-refractivity contribution in [3.8, 4) is 6.07 Å². The van der Waals surface area contributed by atoms with Crippen LogP contribution < -0.4 is 0 Å². The van der Waals surface area contributed by atoms with Crippen molar-refractivity contribution in [2.45, 2.75) is 12.5 Å². The van der Waals surface area contributed by atoms with E-state index in [1.54, 1.807) is 15.7 Å². The Morgan fingerprint density at radius 1 is 1.37 bits per heavy atom. The number of rotatable bonds is 2. The third-order valence-corrected chi connectivity index (χ3v) is 4.72. The number of hydrogen-bond donors (Lipinski definition) is 1. The molecule has 0 unspecified atom stereocenters. The van der Waals surface area contributed by atoms with Crippen molar-refractivity contribution in [2.75, 3.05) is 6.54 Å². The smallest absolute Gasteiger partial charge is 0.293 e. The molecule has 0 aliphatic carbocycles. The van der Waals surface area contributed by atoms with Crippen LogP contribution in [0.25, 0.3) is 5.52 Å². The van der Waals surface area contributed by atoms with Crippen LogP contribution in [0.1, 0.15) is 39.4 Å². The number of aromatic nitrogens is 5. The molecule has 27 heavy (non-hydrogen) atoms. The number of hydrogen-bond acceptors (Lipinski definition) is 6. The number of pyridine rings is 1. The lowest BCUT2D eigenvalue weighted by Gasteiger charge is -2.33. The molecule has 4 aromatic rings. The van der Waals surface area contributed by atoms with Gasteiger partial charge in [-0.15, -0.1) is 0 Å². The molecule has 4 aromatic heterocycles. The lowest BCUT2D eigenvalue weighted by Crippen LogP contribution is -2.41. The van der Waals surface area contributed by atoms with E-state index in [0.717, 1.165) is 23.3 Å². The number of oxazole rings is 1. The molecule has 0 saturated heterocycles. The Bertz CT molecular complexity index is 1160. The number of amides is 1. The Hall–Kier alpha value is -3.93. The Morgan fingerprint density at radius 2 is 2.30 bits per heavy atom. The zero-order valence-electron chi connectivity index (χ0n) is 14.0. The van der Waals surface area contributed by atoms with Crippen LogP contribution in [0.2, 0.25) is 0 Å². The van der Waals surface area contributed by atoms with Crippen molar-refractivity contribution < 1.29 is 9.21 Å². The largest absolute Gasteiger partial charge is 0.437 e. The van der Waals surface area contributed by atoms with Gasteiger partial charge in [0.1, 0.15) is 12.1 Å². The minimum Gasteiger partial charge on any atom is -0.437 e. The van der Waals surface area contributed by atoms with Gasteiger partial charge in [0, 0.05) is 24.9 Å². The third kappa shape index (κ3) is 2.31. The summed E-state index contributed by atoms with van der Waals surface area (Å²) in [6.07, 6.45) is 5.21. The van der Waals surface area contributed by atoms with Crippen molar-refractivity contribution in [1.82, 2.24) is 29.5 Å². The Kier molecular flexibility index (Phi) is 3.30. The van der Waals surface area contributed by atoms with Crippen LogP contribution >= 0.6 is 0 Å². The fraction of sp³-hybridized carbons (Fsp3) is 0.167. The molecule has 1 amide bonds. The van der Waals surface area contributed by atoms with Crippen LogP contribution in [0.3, 0.4) is 0 Å². The van der Waals surface area contributed by atoms with Crippen molar-refractivity contribution in [1.29, 1.82) is 5.26 Å². The SMILES string of the molecule is N#Cc1ncoc1C(=O)N1CCc2[nH]cnc2[C@H]1c1cc2ccccn2n1. The van der Waals surface area contributed by atoms with Crippen LogP contribution in [-0.4, -0.2) is 41.9 Å². The van der Waals surface area contributed by atoms with E-state index in [4.69, 9.17) is 4.42 Å². The van der Waals surface area contributed by atoms with Gasteiger partial charge in [-0.1, -0.05) is 6.07 Å². The number of nitrogens with one attached hydrogen (secondary N) is 1. The van der Waals surface area contributed by atoms with E-state index >= 15 is 0 Å². The summed E-state index contributed by atoms with van der Waals surface area (Å²) in [6, 6.07) is 9.11. The standard InChI is InChI=1S/C18H13N7O2/c19-8-14-17(27-10-22-14)18(26)24-6-4-12-15(21-9-20-12)16(24)13-7-11-3-1-2-5-25(11)23-13/h1-3,5,7,9-10,16H,4,6H2,(H,20,21)/t16-/m1/s1. The minimum absolute atomic E-state index is 0.0263. The number of nitrogens with zero attached hydrogens (tertiary/aromatic N) is 6. The first kappa shape index (κ1) is 15.3. The topological polar surface area (TPSA) is 116 Å². The average molecular weight is 359 g/mol. The molecular weight excluding hydrogens is 346 g/mol. The molecule has 0 aromatic carbocycles. The number of nitriles is 1. The molecule has 0 bridgehead atoms. The maximum Gasteiger partial charge on any atom is 0.293 e. The van der Waals surface area contributed by atoms with Gasteiger partial charge < -0.3 is 14.3 Å². The summed E-state index contributed by atoms with van der Waals surface area (Å²) in [5, 5.41) is 13.8. The third-order valence-electron chi connectivity index (χ3n) is 4.72. The van der Waals surface area contributed by atoms with E-state index in [9.17, 15) is 10.1 Å². The summed E-state index contributed by atoms with van der Waals surface area (Å²) >= 11 is 0. The Balaban J connectivity index is 1.64. The van der Waals surface area contributed by atoms with Crippen molar-refractivity contribution in [3.63, 3.8) is 0 Å². The second-order valence-electron chi connectivity index (χ2n) is 6.20. The molecule has 1 atom stereocenters. The molecule has 1 aliphatic heterocycles. The highest BCUT2D eigenvalue weighted by Gasteiger charge is 2.38. The van der Waals surface area contributed by atoms with Gasteiger partial charge in [-0.05, 0) is 18.2 Å². The first-order valence-corrected chi connectivity index (χ1v) is 8.37. The first-order chi connectivity index (χ1) is 13.3. The van der Waals surface area contributed by atoms with E-state index in [1.165, 1.54) is 0 Å². The number of carbonyl (C=O) groups is 1. The van der Waals surface area contributed by atoms with E-state index in [-0.39, 0.29) is 11.5 Å². The van der Waals surface area contributed by atoms with Gasteiger partial charge in [0.2, 0.25) is 5.76 Å². The zero-order valence-corrected chi connectivity index (χ0v) is 14.0. The monoisotopic (exact) mass is 359 g/mol. The van der Waals surface area contributed by atoms with Crippen LogP contribution in [0, 0.1) is 11.3 Å². The maximum atomic E-state index is 13.1. The molecule has 1 N–H and O–H groups in total. The van der Waals surface area contributed by atoms with Crippen LogP contribution in [0.4, 0.5) is 0 Å². The van der Waals surface area contributed by atoms with E-state index < -0.39 is 11.9 Å². The molecule has 0 spiro atoms. The van der Waals surface area contributed by atoms with Gasteiger partial charge in [-0.25, -0.2) is 14.5 Å². The van der Waals surface area contributed by atoms with Gasteiger partial charge in [0.15, 0.2) is 12.1 Å². The molecule has 0 saturated carbocycles. The molecule has 132 valence electrons. The van der Waals surface area contributed by atoms with Gasteiger partial charge in [0.25, 0.3) is 5.91 Å². The van der Waals surface area contributed by atoms with Crippen molar-refractivity contribution in [3.05, 3.63) is 71.7 Å². The number of aromatic amines is 1. The summed E-state index contributed by atoms with van der Waals surface area (Å²) in [5.74, 6) is -0.468. The lowest BCUT2D eigenvalue weighted by atomic mass is 9.99. The summed E-state index contributed by atoms with van der Waals surface area (Å²) < 4.78 is 6.96. The molecule has 1 aliphatic rings. The fourth-order valence-electron chi connectivity index (χ4n) is 3.49. The van der Waals surface area contributed by atoms with Crippen LogP contribution in [0.5, 0.6) is 0 Å². The first-order valence-electron chi connectivity index (χ1n) is 8.37. The summed E-state index contributed by atoms with van der Waals surface area (Å²) in [7, 11) is 0. The maximum absolute atomic E-state index is 13.1. The lowest BCUT2D eigenvalue weighted by molar-refractivity contribution is 0.0654. The van der Waals surface area contributed by atoms with Crippen molar-refractivity contribution in [2.24, 2.45) is 0 Å². The van der Waals surface area contributed by atoms with Crippen LogP contribution in [0.15, 0.2) is 47.6 Å². The number of H-pyrrole nitrogens is 1. The van der Waals surface area contributed by atoms with E-state index in [1.807, 2.05) is 36.5 Å². The summed E-state index contributed by atoms with van der Waals surface area (Å²) in [4.78, 5) is 26.1. The Labute approximate surface area is 152 Å². The molecule has 0 radical (unpaired) electrons. The van der Waals surface area contributed by atoms with Gasteiger partial charge in [-0.3, -0.25) is 4.79 Å². The van der Waals surface area contributed by atoms with Gasteiger partial charge in [-0.2, -0.15) is 10.4 Å². The number of fused-ring (bicyclic) bond motifs is 2. The van der Waals surface area contributed by atoms with E-state index in [2.05, 4.69) is 20.1 Å². The zero-order chi connectivity index (χ0) is 18.4. The quantitative estimate of drug-likeness (QED) is 0.582. The second-order valence-corrected chi connectivity index (χ2v) is 6.20. The van der Waals surface area contributed by atoms with Crippen LogP contribution in [-0.2, 0) is 6.42 Å². The minimum atomic E-state index is -0.482. The number of imidazole rings is 1. The van der Waals surface area contributed by atoms with Gasteiger partial charge in [0.05, 0.1) is 23.2 Å². The Morgan fingerprint density at radius 3 is 3.15 bits per heavy atom. The highest BCUT2D eigenvalue weighted by atomic mass is 16.3. The highest BCUT2D eigenvalue weighted by Crippen LogP contribution is 2.34. The average Bonchev–Trinajstić information content (AvgIpc) is 3.44. The van der Waals surface area contributed by atoms with Crippen molar-refractivity contribution >= 4 is 11.4 Å². The summed E-state index contributed by atoms with van der Waals surface area (Å²) in [6.45, 7) is 0.443. The van der Waals surface area contributed by atoms with E-state index in [0.29, 0.717) is 18.7 Å². The normalized spacial score (nSPS) is 16.3. The highest BCUT2D eigenvalue weighted by molar-refractivity contribution is 5.94.